The van der Waals surface area contributed by atoms with E-state index >= 15 is 0 Å². The topological polar surface area (TPSA) is 111 Å². The number of quaternary nitrogens is 1. The number of hydrogen-bond acceptors (Lipinski definition) is 8. The van der Waals surface area contributed by atoms with Gasteiger partial charge in [-0.2, -0.15) is 0 Å². The quantitative estimate of drug-likeness (QED) is 0.0195. The van der Waals surface area contributed by atoms with Crippen molar-refractivity contribution in [3.63, 3.8) is 0 Å². The van der Waals surface area contributed by atoms with Crippen molar-refractivity contribution in [2.75, 3.05) is 47.5 Å². The summed E-state index contributed by atoms with van der Waals surface area (Å²) < 4.78 is 22.8. The summed E-state index contributed by atoms with van der Waals surface area (Å²) in [6, 6.07) is 0. The van der Waals surface area contributed by atoms with Gasteiger partial charge in [0.05, 0.1) is 40.3 Å². The molecule has 0 aliphatic carbocycles. The Bertz CT molecular complexity index is 1970. The first-order valence-corrected chi connectivity index (χ1v) is 41.0. The Balaban J connectivity index is 4.04. The van der Waals surface area contributed by atoms with Crippen LogP contribution >= 0.6 is 0 Å². The Kier molecular flexibility index (Phi) is 74.4. The maximum Gasteiger partial charge on any atom is 0.306 e. The second-order valence-corrected chi connectivity index (χ2v) is 28.7. The van der Waals surface area contributed by atoms with Crippen LogP contribution in [0.5, 0.6) is 0 Å². The molecule has 0 fully saturated rings. The molecule has 0 aromatic carbocycles. The van der Waals surface area contributed by atoms with Gasteiger partial charge in [0.1, 0.15) is 13.2 Å². The van der Waals surface area contributed by atoms with Crippen molar-refractivity contribution in [2.24, 2.45) is 0 Å². The number of nitrogens with zero attached hydrogens (tertiary/aromatic N) is 1. The highest BCUT2D eigenvalue weighted by Crippen LogP contribution is 2.19. The van der Waals surface area contributed by atoms with Crippen LogP contribution in [0, 0.1) is 0 Å². The van der Waals surface area contributed by atoms with Gasteiger partial charge in [-0.15, -0.1) is 0 Å². The van der Waals surface area contributed by atoms with Gasteiger partial charge in [0.2, 0.25) is 0 Å². The average molecular weight is 1360 g/mol. The molecule has 0 spiro atoms. The number of ether oxygens (including phenoxy) is 4. The number of esters is 2. The molecule has 0 saturated heterocycles. The van der Waals surface area contributed by atoms with Crippen LogP contribution in [0.15, 0.2) is 109 Å². The first-order chi connectivity index (χ1) is 47.6. The largest absolute Gasteiger partial charge is 0.545 e. The second-order valence-electron chi connectivity index (χ2n) is 28.7. The number of carbonyl (C=O) groups excluding carboxylic acids is 3. The van der Waals surface area contributed by atoms with Crippen molar-refractivity contribution in [2.45, 2.75) is 386 Å². The number of allylic oxidation sites excluding steroid dienone is 18. The number of rotatable bonds is 76. The average Bonchev–Trinajstić information content (AvgIpc) is 2.59. The van der Waals surface area contributed by atoms with E-state index in [1.165, 1.54) is 231 Å². The van der Waals surface area contributed by atoms with Crippen LogP contribution in [0.25, 0.3) is 0 Å². The van der Waals surface area contributed by atoms with E-state index < -0.39 is 24.3 Å². The molecule has 0 aromatic rings. The van der Waals surface area contributed by atoms with E-state index in [1.807, 2.05) is 21.1 Å². The van der Waals surface area contributed by atoms with E-state index in [-0.39, 0.29) is 38.6 Å². The smallest absolute Gasteiger partial charge is 0.306 e. The summed E-state index contributed by atoms with van der Waals surface area (Å²) in [6.07, 6.45) is 107. The molecule has 0 rings (SSSR count). The minimum atomic E-state index is -1.63. The maximum atomic E-state index is 13.0. The molecule has 0 bridgehead atoms. The fourth-order valence-corrected chi connectivity index (χ4v) is 11.8. The Morgan fingerprint density at radius 1 is 0.320 bits per heavy atom. The molecule has 0 amide bonds. The molecule has 0 radical (unpaired) electrons. The van der Waals surface area contributed by atoms with Crippen molar-refractivity contribution in [1.29, 1.82) is 0 Å². The molecule has 9 heteroatoms. The molecule has 560 valence electrons. The maximum absolute atomic E-state index is 13.0. The van der Waals surface area contributed by atoms with Crippen molar-refractivity contribution in [1.82, 2.24) is 0 Å². The zero-order chi connectivity index (χ0) is 70.4. The molecular weight excluding hydrogens is 1200 g/mol. The Morgan fingerprint density at radius 2 is 0.588 bits per heavy atom. The predicted molar refractivity (Wildman–Crippen MR) is 417 cm³/mol. The van der Waals surface area contributed by atoms with E-state index in [1.54, 1.807) is 0 Å². The van der Waals surface area contributed by atoms with Crippen LogP contribution in [-0.4, -0.2) is 82.3 Å². The molecule has 0 aromatic heterocycles. The molecule has 2 atom stereocenters. The summed E-state index contributed by atoms with van der Waals surface area (Å²) in [7, 11) is 5.93. The zero-order valence-electron chi connectivity index (χ0n) is 64.2. The number of unbranched alkanes of at least 4 members (excludes halogenated alkanes) is 43. The van der Waals surface area contributed by atoms with Gasteiger partial charge in [0.25, 0.3) is 0 Å². The van der Waals surface area contributed by atoms with Gasteiger partial charge in [-0.1, -0.05) is 386 Å². The van der Waals surface area contributed by atoms with E-state index in [4.69, 9.17) is 18.9 Å². The summed E-state index contributed by atoms with van der Waals surface area (Å²) in [5.41, 5.74) is 0. The summed E-state index contributed by atoms with van der Waals surface area (Å²) in [5, 5.41) is 11.9. The Labute approximate surface area is 600 Å². The number of carboxylic acids is 1. The molecule has 0 aliphatic heterocycles. The number of aliphatic carboxylic acids is 1. The fraction of sp³-hybridized carbons (Fsp3) is 0.761. The third kappa shape index (κ3) is 79.2. The summed E-state index contributed by atoms with van der Waals surface area (Å²) in [6.45, 7) is 4.65. The summed E-state index contributed by atoms with van der Waals surface area (Å²) in [5.74, 6) is -2.30. The van der Waals surface area contributed by atoms with Crippen LogP contribution in [0.2, 0.25) is 0 Å². The number of likely N-dealkylation sites (N-methyl/N-ethyl adjacent to an activating group) is 1. The number of hydrogen-bond donors (Lipinski definition) is 0. The number of carboxylic acid groups (broad SMARTS) is 1. The highest BCUT2D eigenvalue weighted by Gasteiger charge is 2.22. The normalized spacial score (nSPS) is 13.2. The Hall–Kier alpha value is -4.05. The monoisotopic (exact) mass is 1350 g/mol. The zero-order valence-corrected chi connectivity index (χ0v) is 64.2. The third-order valence-corrected chi connectivity index (χ3v) is 18.0. The first-order valence-electron chi connectivity index (χ1n) is 41.0. The first kappa shape index (κ1) is 93.0. The molecule has 9 nitrogen and oxygen atoms in total. The molecular formula is C88H155NO8. The van der Waals surface area contributed by atoms with E-state index in [0.29, 0.717) is 17.4 Å². The lowest BCUT2D eigenvalue weighted by molar-refractivity contribution is -0.870. The van der Waals surface area contributed by atoms with Gasteiger partial charge in [-0.3, -0.25) is 9.59 Å². The molecule has 97 heavy (non-hydrogen) atoms. The number of carbonyl (C=O) groups is 3. The van der Waals surface area contributed by atoms with E-state index in [2.05, 4.69) is 123 Å². The van der Waals surface area contributed by atoms with Crippen molar-refractivity contribution < 1.29 is 42.9 Å². The van der Waals surface area contributed by atoms with Gasteiger partial charge in [-0.25, -0.2) is 0 Å². The SMILES string of the molecule is CC/C=C\C/C=C\C/C=C\C/C=C\C/C=C\C/C=C\C/C=C\C/C=C\C/C=C\CCCCCCCC(=O)OC(COC(=O)CCCCCCCCCCCCCCCCCCCCCCCCCCCCCCCCCCCCCCCCC)COC(OCC[N+](C)(C)C)C(=O)[O-]. The van der Waals surface area contributed by atoms with Crippen molar-refractivity contribution in [3.05, 3.63) is 109 Å². The predicted octanol–water partition coefficient (Wildman–Crippen LogP) is 25.1. The van der Waals surface area contributed by atoms with Crippen LogP contribution in [-0.2, 0) is 33.3 Å². The minimum Gasteiger partial charge on any atom is -0.545 e. The molecule has 2 unspecified atom stereocenters. The van der Waals surface area contributed by atoms with Crippen LogP contribution in [0.3, 0.4) is 0 Å². The van der Waals surface area contributed by atoms with Crippen LogP contribution in [0.4, 0.5) is 0 Å². The lowest BCUT2D eigenvalue weighted by Crippen LogP contribution is -2.44. The van der Waals surface area contributed by atoms with Gasteiger partial charge in [0.15, 0.2) is 12.4 Å². The minimum absolute atomic E-state index is 0.140. The van der Waals surface area contributed by atoms with Gasteiger partial charge >= 0.3 is 11.9 Å². The molecule has 0 saturated carbocycles. The van der Waals surface area contributed by atoms with Crippen molar-refractivity contribution in [3.8, 4) is 0 Å². The van der Waals surface area contributed by atoms with E-state index in [0.717, 1.165) is 109 Å². The fourth-order valence-electron chi connectivity index (χ4n) is 11.8. The lowest BCUT2D eigenvalue weighted by Gasteiger charge is -2.26. The molecule has 0 heterocycles. The molecule has 0 aliphatic rings. The highest BCUT2D eigenvalue weighted by atomic mass is 16.7. The summed E-state index contributed by atoms with van der Waals surface area (Å²) >= 11 is 0. The standard InChI is InChI=1S/C88H155NO8/c1-6-8-10-12-14-16-18-20-22-24-26-28-30-32-34-36-38-40-41-42-43-44-45-47-48-50-52-54-56-58-60-62-64-66-68-70-72-74-76-78-85(90)95-82-84(83-96-88(87(92)93)94-81-80-89(3,4)5)97-86(91)79-77-75-73-71-69-67-65-63-61-59-57-55-53-51-49-46-39-37-35-33-31-29-27-25-23-21-19-17-15-13-11-9-7-2/h9,11,15,17,21,23,27,29,33,35,39,46,51,53,57,59,63,65,84,88H,6-8,10,12-14,16,18-20,22,24-26,28,30-32,34,36-38,40-45,47-50,52,54-56,58,60-62,64,66-83H2,1-5H3/b11-9-,17-15-,23-21-,29-27-,35-33-,46-39-,53-51-,59-57-,65-63-. The van der Waals surface area contributed by atoms with Gasteiger partial charge < -0.3 is 33.3 Å². The summed E-state index contributed by atoms with van der Waals surface area (Å²) in [4.78, 5) is 37.6. The van der Waals surface area contributed by atoms with Gasteiger partial charge in [0, 0.05) is 12.8 Å². The second kappa shape index (κ2) is 77.7. The van der Waals surface area contributed by atoms with Crippen LogP contribution < -0.4 is 5.11 Å². The third-order valence-electron chi connectivity index (χ3n) is 18.0. The Morgan fingerprint density at radius 3 is 0.876 bits per heavy atom. The highest BCUT2D eigenvalue weighted by molar-refractivity contribution is 5.70. The molecule has 0 N–H and O–H groups in total. The van der Waals surface area contributed by atoms with Crippen molar-refractivity contribution >= 4 is 17.9 Å². The van der Waals surface area contributed by atoms with Crippen LogP contribution in [0.1, 0.15) is 373 Å². The lowest BCUT2D eigenvalue weighted by atomic mass is 10.0. The van der Waals surface area contributed by atoms with E-state index in [9.17, 15) is 19.5 Å². The van der Waals surface area contributed by atoms with Gasteiger partial charge in [-0.05, 0) is 83.5 Å².